The van der Waals surface area contributed by atoms with Gasteiger partial charge in [-0.25, -0.2) is 0 Å². The van der Waals surface area contributed by atoms with E-state index in [2.05, 4.69) is 91.6 Å². The highest BCUT2D eigenvalue weighted by molar-refractivity contribution is 5.24. The molecule has 0 amide bonds. The maximum absolute atomic E-state index is 4.22. The van der Waals surface area contributed by atoms with Crippen molar-refractivity contribution in [1.29, 1.82) is 0 Å². The van der Waals surface area contributed by atoms with Crippen molar-refractivity contribution in [3.63, 3.8) is 0 Å². The lowest BCUT2D eigenvalue weighted by atomic mass is 9.78. The summed E-state index contributed by atoms with van der Waals surface area (Å²) in [6.45, 7) is 4.66. The SMILES string of the molecule is CCC(CC(CC(C)c1ccccc1)c1ccncc1)c1ccccc1. The second-order valence-electron chi connectivity index (χ2n) is 7.28. The summed E-state index contributed by atoms with van der Waals surface area (Å²) in [5.41, 5.74) is 4.30. The molecular formula is C25H29N. The molecule has 1 aromatic heterocycles. The fourth-order valence-corrected chi connectivity index (χ4v) is 3.96. The van der Waals surface area contributed by atoms with E-state index in [1.807, 2.05) is 12.4 Å². The van der Waals surface area contributed by atoms with E-state index < -0.39 is 0 Å². The Kier molecular flexibility index (Phi) is 6.60. The highest BCUT2D eigenvalue weighted by Crippen LogP contribution is 2.38. The van der Waals surface area contributed by atoms with Gasteiger partial charge in [-0.3, -0.25) is 4.98 Å². The van der Waals surface area contributed by atoms with Gasteiger partial charge in [0.15, 0.2) is 0 Å². The summed E-state index contributed by atoms with van der Waals surface area (Å²) in [5.74, 6) is 1.68. The van der Waals surface area contributed by atoms with Crippen LogP contribution in [0.1, 0.15) is 67.6 Å². The lowest BCUT2D eigenvalue weighted by Gasteiger charge is -2.26. The van der Waals surface area contributed by atoms with E-state index in [9.17, 15) is 0 Å². The molecule has 0 aliphatic heterocycles. The van der Waals surface area contributed by atoms with Gasteiger partial charge >= 0.3 is 0 Å². The molecule has 134 valence electrons. The zero-order valence-electron chi connectivity index (χ0n) is 15.9. The lowest BCUT2D eigenvalue weighted by molar-refractivity contribution is 0.467. The summed E-state index contributed by atoms with van der Waals surface area (Å²) in [6.07, 6.45) is 7.38. The molecule has 26 heavy (non-hydrogen) atoms. The van der Waals surface area contributed by atoms with Crippen LogP contribution in [0.3, 0.4) is 0 Å². The molecule has 1 heterocycles. The molecule has 0 spiro atoms. The minimum Gasteiger partial charge on any atom is -0.265 e. The number of hydrogen-bond acceptors (Lipinski definition) is 1. The molecular weight excluding hydrogens is 314 g/mol. The predicted molar refractivity (Wildman–Crippen MR) is 111 cm³/mol. The Morgan fingerprint density at radius 2 is 1.19 bits per heavy atom. The van der Waals surface area contributed by atoms with E-state index in [0.29, 0.717) is 17.8 Å². The Morgan fingerprint density at radius 3 is 1.77 bits per heavy atom. The summed E-state index contributed by atoms with van der Waals surface area (Å²) in [4.78, 5) is 4.22. The minimum absolute atomic E-state index is 0.540. The number of aromatic nitrogens is 1. The van der Waals surface area contributed by atoms with Gasteiger partial charge in [0.05, 0.1) is 0 Å². The van der Waals surface area contributed by atoms with E-state index in [0.717, 1.165) is 6.42 Å². The molecule has 0 aliphatic rings. The first-order chi connectivity index (χ1) is 12.8. The second kappa shape index (κ2) is 9.33. The Bertz CT molecular complexity index is 752. The molecule has 0 radical (unpaired) electrons. The van der Waals surface area contributed by atoms with Crippen molar-refractivity contribution in [2.45, 2.75) is 50.9 Å². The first-order valence-electron chi connectivity index (χ1n) is 9.77. The fraction of sp³-hybridized carbons (Fsp3) is 0.320. The monoisotopic (exact) mass is 343 g/mol. The van der Waals surface area contributed by atoms with Crippen molar-refractivity contribution in [3.8, 4) is 0 Å². The van der Waals surface area contributed by atoms with Crippen molar-refractivity contribution >= 4 is 0 Å². The summed E-state index contributed by atoms with van der Waals surface area (Å²) in [5, 5.41) is 0. The summed E-state index contributed by atoms with van der Waals surface area (Å²) in [6, 6.07) is 26.3. The van der Waals surface area contributed by atoms with Crippen molar-refractivity contribution in [2.24, 2.45) is 0 Å². The average molecular weight is 344 g/mol. The third-order valence-electron chi connectivity index (χ3n) is 5.52. The zero-order valence-corrected chi connectivity index (χ0v) is 15.9. The third kappa shape index (κ3) is 4.82. The maximum Gasteiger partial charge on any atom is 0.0270 e. The van der Waals surface area contributed by atoms with E-state index >= 15 is 0 Å². The summed E-state index contributed by atoms with van der Waals surface area (Å²) >= 11 is 0. The molecule has 3 aromatic rings. The molecule has 0 saturated carbocycles. The van der Waals surface area contributed by atoms with Gasteiger partial charge in [0.25, 0.3) is 0 Å². The predicted octanol–water partition coefficient (Wildman–Crippen LogP) is 6.94. The largest absolute Gasteiger partial charge is 0.265 e. The smallest absolute Gasteiger partial charge is 0.0270 e. The fourth-order valence-electron chi connectivity index (χ4n) is 3.96. The molecule has 0 aliphatic carbocycles. The molecule has 0 saturated heterocycles. The quantitative estimate of drug-likeness (QED) is 0.431. The molecule has 2 aromatic carbocycles. The van der Waals surface area contributed by atoms with Gasteiger partial charge in [-0.1, -0.05) is 74.5 Å². The van der Waals surface area contributed by atoms with Crippen molar-refractivity contribution < 1.29 is 0 Å². The standard InChI is InChI=1S/C25H29N/c1-3-21(23-12-8-5-9-13-23)19-25(24-14-16-26-17-15-24)18-20(2)22-10-6-4-7-11-22/h4-17,20-21,25H,3,18-19H2,1-2H3. The van der Waals surface area contributed by atoms with Crippen molar-refractivity contribution in [1.82, 2.24) is 4.98 Å². The molecule has 0 fully saturated rings. The van der Waals surface area contributed by atoms with Gasteiger partial charge in [-0.15, -0.1) is 0 Å². The van der Waals surface area contributed by atoms with Gasteiger partial charge in [0.1, 0.15) is 0 Å². The highest BCUT2D eigenvalue weighted by Gasteiger charge is 2.21. The van der Waals surface area contributed by atoms with Crippen molar-refractivity contribution in [3.05, 3.63) is 102 Å². The van der Waals surface area contributed by atoms with Gasteiger partial charge in [0.2, 0.25) is 0 Å². The average Bonchev–Trinajstić information content (AvgIpc) is 2.73. The number of benzene rings is 2. The molecule has 3 rings (SSSR count). The number of rotatable bonds is 8. The maximum atomic E-state index is 4.22. The van der Waals surface area contributed by atoms with Crippen LogP contribution in [-0.4, -0.2) is 4.98 Å². The molecule has 1 heteroatoms. The summed E-state index contributed by atoms with van der Waals surface area (Å²) in [7, 11) is 0. The minimum atomic E-state index is 0.540. The lowest BCUT2D eigenvalue weighted by Crippen LogP contribution is -2.10. The summed E-state index contributed by atoms with van der Waals surface area (Å²) < 4.78 is 0. The van der Waals surface area contributed by atoms with E-state index in [4.69, 9.17) is 0 Å². The van der Waals surface area contributed by atoms with Crippen molar-refractivity contribution in [2.75, 3.05) is 0 Å². The first-order valence-corrected chi connectivity index (χ1v) is 9.77. The first kappa shape index (κ1) is 18.4. The highest BCUT2D eigenvalue weighted by atomic mass is 14.6. The number of nitrogens with zero attached hydrogens (tertiary/aromatic N) is 1. The van der Waals surface area contributed by atoms with Gasteiger partial charge < -0.3 is 0 Å². The van der Waals surface area contributed by atoms with Crippen LogP contribution in [0.15, 0.2) is 85.2 Å². The van der Waals surface area contributed by atoms with Crippen LogP contribution < -0.4 is 0 Å². The molecule has 3 unspecified atom stereocenters. The van der Waals surface area contributed by atoms with Crippen LogP contribution in [0, 0.1) is 0 Å². The van der Waals surface area contributed by atoms with Crippen LogP contribution in [-0.2, 0) is 0 Å². The Labute approximate surface area is 158 Å². The van der Waals surface area contributed by atoms with Gasteiger partial charge in [-0.05, 0) is 65.8 Å². The Hall–Kier alpha value is -2.41. The Balaban J connectivity index is 1.82. The van der Waals surface area contributed by atoms with Crippen LogP contribution in [0.25, 0.3) is 0 Å². The molecule has 3 atom stereocenters. The molecule has 0 bridgehead atoms. The van der Waals surface area contributed by atoms with Crippen LogP contribution in [0.2, 0.25) is 0 Å². The number of hydrogen-bond donors (Lipinski definition) is 0. The third-order valence-corrected chi connectivity index (χ3v) is 5.52. The van der Waals surface area contributed by atoms with Gasteiger partial charge in [-0.2, -0.15) is 0 Å². The molecule has 0 N–H and O–H groups in total. The Morgan fingerprint density at radius 1 is 0.654 bits per heavy atom. The van der Waals surface area contributed by atoms with E-state index in [1.165, 1.54) is 29.5 Å². The van der Waals surface area contributed by atoms with Crippen LogP contribution in [0.4, 0.5) is 0 Å². The number of pyridine rings is 1. The molecule has 1 nitrogen and oxygen atoms in total. The van der Waals surface area contributed by atoms with E-state index in [-0.39, 0.29) is 0 Å². The van der Waals surface area contributed by atoms with Gasteiger partial charge in [0, 0.05) is 12.4 Å². The van der Waals surface area contributed by atoms with Crippen LogP contribution >= 0.6 is 0 Å². The normalized spacial score (nSPS) is 14.5. The second-order valence-corrected chi connectivity index (χ2v) is 7.28. The van der Waals surface area contributed by atoms with E-state index in [1.54, 1.807) is 0 Å². The van der Waals surface area contributed by atoms with Crippen LogP contribution in [0.5, 0.6) is 0 Å². The zero-order chi connectivity index (χ0) is 18.2. The topological polar surface area (TPSA) is 12.9 Å².